The van der Waals surface area contributed by atoms with E-state index in [4.69, 9.17) is 0 Å². The monoisotopic (exact) mass is 341 g/mol. The Morgan fingerprint density at radius 2 is 2.33 bits per heavy atom. The summed E-state index contributed by atoms with van der Waals surface area (Å²) >= 11 is 1.60. The van der Waals surface area contributed by atoms with Gasteiger partial charge in [0.15, 0.2) is 5.13 Å². The maximum Gasteiger partial charge on any atom is 0.257 e. The Morgan fingerprint density at radius 3 is 3.17 bits per heavy atom. The van der Waals surface area contributed by atoms with Gasteiger partial charge >= 0.3 is 0 Å². The highest BCUT2D eigenvalue weighted by atomic mass is 32.1. The van der Waals surface area contributed by atoms with Gasteiger partial charge in [-0.25, -0.2) is 9.67 Å². The van der Waals surface area contributed by atoms with Crippen molar-refractivity contribution < 1.29 is 4.79 Å². The Balaban J connectivity index is 1.56. The molecule has 0 aliphatic heterocycles. The van der Waals surface area contributed by atoms with Crippen LogP contribution in [0.5, 0.6) is 0 Å². The fourth-order valence-corrected chi connectivity index (χ4v) is 4.28. The minimum Gasteiger partial charge on any atom is -0.298 e. The minimum atomic E-state index is -0.151. The molecule has 6 nitrogen and oxygen atoms in total. The number of thiazole rings is 1. The van der Waals surface area contributed by atoms with E-state index in [0.29, 0.717) is 16.6 Å². The van der Waals surface area contributed by atoms with E-state index in [1.54, 1.807) is 17.4 Å². The average molecular weight is 341 g/mol. The normalized spacial score (nSPS) is 17.0. The first-order valence-electron chi connectivity index (χ1n) is 8.27. The van der Waals surface area contributed by atoms with Crippen molar-refractivity contribution in [3.8, 4) is 0 Å². The quantitative estimate of drug-likeness (QED) is 0.793. The number of hydrogen-bond acceptors (Lipinski definition) is 5. The molecule has 0 saturated heterocycles. The summed E-state index contributed by atoms with van der Waals surface area (Å²) in [7, 11) is 0. The molecule has 24 heavy (non-hydrogen) atoms. The molecule has 3 aromatic rings. The number of benzene rings is 1. The number of aryl methyl sites for hydroxylation is 2. The average Bonchev–Trinajstić information content (AvgIpc) is 3.16. The molecule has 0 spiro atoms. The molecule has 1 atom stereocenters. The predicted octanol–water partition coefficient (Wildman–Crippen LogP) is 3.28. The molecular formula is C17H19N5OS. The summed E-state index contributed by atoms with van der Waals surface area (Å²) < 4.78 is 1.81. The molecule has 7 heteroatoms. The zero-order chi connectivity index (χ0) is 16.7. The first-order valence-corrected chi connectivity index (χ1v) is 9.09. The van der Waals surface area contributed by atoms with Gasteiger partial charge in [-0.05, 0) is 50.3 Å². The van der Waals surface area contributed by atoms with Gasteiger partial charge in [0.1, 0.15) is 5.52 Å². The molecule has 0 radical (unpaired) electrons. The topological polar surface area (TPSA) is 72.7 Å². The number of nitrogens with one attached hydrogen (secondary N) is 1. The minimum absolute atomic E-state index is 0.151. The lowest BCUT2D eigenvalue weighted by molar-refractivity contribution is 0.102. The van der Waals surface area contributed by atoms with Crippen molar-refractivity contribution in [3.63, 3.8) is 0 Å². The van der Waals surface area contributed by atoms with Gasteiger partial charge in [0.2, 0.25) is 0 Å². The van der Waals surface area contributed by atoms with Crippen molar-refractivity contribution >= 4 is 33.4 Å². The highest BCUT2D eigenvalue weighted by molar-refractivity contribution is 7.15. The van der Waals surface area contributed by atoms with E-state index in [1.807, 2.05) is 23.7 Å². The SMILES string of the molecule is CCn1nnc2cc(C(=O)Nc3nc4c(s3)CC(C)CC4)ccc21. The number of carbonyl (C=O) groups excluding carboxylic acids is 1. The third-order valence-electron chi connectivity index (χ3n) is 4.48. The molecule has 0 bridgehead atoms. The summed E-state index contributed by atoms with van der Waals surface area (Å²) in [5.74, 6) is 0.548. The molecule has 4 rings (SSSR count). The fourth-order valence-electron chi connectivity index (χ4n) is 3.11. The van der Waals surface area contributed by atoms with Crippen molar-refractivity contribution in [2.24, 2.45) is 5.92 Å². The molecule has 1 unspecified atom stereocenters. The van der Waals surface area contributed by atoms with Crippen LogP contribution in [0.25, 0.3) is 11.0 Å². The number of amides is 1. The van der Waals surface area contributed by atoms with Crippen LogP contribution >= 0.6 is 11.3 Å². The van der Waals surface area contributed by atoms with Crippen molar-refractivity contribution in [1.82, 2.24) is 20.0 Å². The third-order valence-corrected chi connectivity index (χ3v) is 5.52. The first kappa shape index (κ1) is 15.3. The van der Waals surface area contributed by atoms with E-state index >= 15 is 0 Å². The Hall–Kier alpha value is -2.28. The van der Waals surface area contributed by atoms with Gasteiger partial charge < -0.3 is 0 Å². The molecule has 1 aliphatic carbocycles. The van der Waals surface area contributed by atoms with Crippen molar-refractivity contribution in [1.29, 1.82) is 0 Å². The van der Waals surface area contributed by atoms with Crippen LogP contribution in [0.15, 0.2) is 18.2 Å². The second-order valence-corrected chi connectivity index (χ2v) is 7.38. The smallest absolute Gasteiger partial charge is 0.257 e. The second kappa shape index (κ2) is 5.98. The van der Waals surface area contributed by atoms with Gasteiger partial charge in [-0.1, -0.05) is 12.1 Å². The summed E-state index contributed by atoms with van der Waals surface area (Å²) in [6.45, 7) is 5.03. The van der Waals surface area contributed by atoms with Crippen LogP contribution in [0.4, 0.5) is 5.13 Å². The van der Waals surface area contributed by atoms with Crippen LogP contribution in [0.2, 0.25) is 0 Å². The molecule has 0 fully saturated rings. The van der Waals surface area contributed by atoms with Crippen LogP contribution in [-0.4, -0.2) is 25.9 Å². The number of rotatable bonds is 3. The molecule has 1 N–H and O–H groups in total. The summed E-state index contributed by atoms with van der Waals surface area (Å²) in [4.78, 5) is 18.4. The summed E-state index contributed by atoms with van der Waals surface area (Å²) in [6.07, 6.45) is 3.25. The van der Waals surface area contributed by atoms with Crippen molar-refractivity contribution in [2.45, 2.75) is 39.7 Å². The lowest BCUT2D eigenvalue weighted by Crippen LogP contribution is -2.12. The van der Waals surface area contributed by atoms with Crippen molar-refractivity contribution in [2.75, 3.05) is 5.32 Å². The van der Waals surface area contributed by atoms with E-state index in [0.717, 1.165) is 36.1 Å². The zero-order valence-corrected chi connectivity index (χ0v) is 14.6. The number of hydrogen-bond donors (Lipinski definition) is 1. The van der Waals surface area contributed by atoms with E-state index in [9.17, 15) is 4.79 Å². The maximum absolute atomic E-state index is 12.5. The fraction of sp³-hybridized carbons (Fsp3) is 0.412. The van der Waals surface area contributed by atoms with Crippen LogP contribution in [0, 0.1) is 5.92 Å². The number of nitrogens with zero attached hydrogens (tertiary/aromatic N) is 4. The molecule has 124 valence electrons. The molecule has 1 aliphatic rings. The molecule has 1 amide bonds. The summed E-state index contributed by atoms with van der Waals surface area (Å²) in [5.41, 5.74) is 3.39. The molecule has 2 heterocycles. The second-order valence-electron chi connectivity index (χ2n) is 6.30. The lowest BCUT2D eigenvalue weighted by Gasteiger charge is -2.15. The Labute approximate surface area is 143 Å². The molecular weight excluding hydrogens is 322 g/mol. The predicted molar refractivity (Wildman–Crippen MR) is 94.5 cm³/mol. The largest absolute Gasteiger partial charge is 0.298 e. The lowest BCUT2D eigenvalue weighted by atomic mass is 9.93. The third kappa shape index (κ3) is 2.69. The number of aromatic nitrogens is 4. The van der Waals surface area contributed by atoms with Gasteiger partial charge in [-0.15, -0.1) is 16.4 Å². The van der Waals surface area contributed by atoms with Gasteiger partial charge in [0.05, 0.1) is 11.2 Å². The van der Waals surface area contributed by atoms with Crippen LogP contribution in [0.3, 0.4) is 0 Å². The highest BCUT2D eigenvalue weighted by Gasteiger charge is 2.21. The summed E-state index contributed by atoms with van der Waals surface area (Å²) in [6, 6.07) is 5.48. The molecule has 2 aromatic heterocycles. The van der Waals surface area contributed by atoms with Crippen LogP contribution in [-0.2, 0) is 19.4 Å². The van der Waals surface area contributed by atoms with Gasteiger partial charge in [-0.3, -0.25) is 10.1 Å². The highest BCUT2D eigenvalue weighted by Crippen LogP contribution is 2.32. The molecule has 0 saturated carbocycles. The first-order chi connectivity index (χ1) is 11.6. The molecule has 1 aromatic carbocycles. The summed E-state index contributed by atoms with van der Waals surface area (Å²) in [5, 5.41) is 11.8. The van der Waals surface area contributed by atoms with E-state index < -0.39 is 0 Å². The Morgan fingerprint density at radius 1 is 1.46 bits per heavy atom. The van der Waals surface area contributed by atoms with Crippen LogP contribution < -0.4 is 5.32 Å². The van der Waals surface area contributed by atoms with E-state index in [-0.39, 0.29) is 5.91 Å². The Bertz CT molecular complexity index is 913. The van der Waals surface area contributed by atoms with Gasteiger partial charge in [0.25, 0.3) is 5.91 Å². The van der Waals surface area contributed by atoms with E-state index in [1.165, 1.54) is 11.3 Å². The van der Waals surface area contributed by atoms with E-state index in [2.05, 4.69) is 27.5 Å². The number of anilines is 1. The number of fused-ring (bicyclic) bond motifs is 2. The Kier molecular flexibility index (Phi) is 3.80. The number of carbonyl (C=O) groups is 1. The van der Waals surface area contributed by atoms with Crippen molar-refractivity contribution in [3.05, 3.63) is 34.3 Å². The standard InChI is InChI=1S/C17H19N5OS/c1-3-22-14-7-5-11(9-13(14)20-21-22)16(23)19-17-18-12-6-4-10(2)8-15(12)24-17/h5,7,9-10H,3-4,6,8H2,1-2H3,(H,18,19,23). The van der Waals surface area contributed by atoms with Gasteiger partial charge in [-0.2, -0.15) is 0 Å². The maximum atomic E-state index is 12.5. The zero-order valence-electron chi connectivity index (χ0n) is 13.7. The van der Waals surface area contributed by atoms with Gasteiger partial charge in [0, 0.05) is 17.0 Å². The van der Waals surface area contributed by atoms with Crippen LogP contribution in [0.1, 0.15) is 41.2 Å².